The number of hydrogen-bond donors (Lipinski definition) is 2. The van der Waals surface area contributed by atoms with Gasteiger partial charge in [0.25, 0.3) is 0 Å². The number of carboxylic acids is 1. The summed E-state index contributed by atoms with van der Waals surface area (Å²) in [6, 6.07) is -0.455. The van der Waals surface area contributed by atoms with Gasteiger partial charge in [-0.1, -0.05) is 38.7 Å². The van der Waals surface area contributed by atoms with Crippen LogP contribution in [0.2, 0.25) is 0 Å². The van der Waals surface area contributed by atoms with Gasteiger partial charge >= 0.3 is 5.97 Å². The van der Waals surface area contributed by atoms with Crippen molar-refractivity contribution < 1.29 is 9.90 Å². The molecule has 1 fully saturated rings. The lowest BCUT2D eigenvalue weighted by molar-refractivity contribution is -0.139. The quantitative estimate of drug-likeness (QED) is 0.756. The fourth-order valence-corrected chi connectivity index (χ4v) is 1.56. The summed E-state index contributed by atoms with van der Waals surface area (Å²) in [6.45, 7) is 10.2. The Hall–Kier alpha value is -1.35. The van der Waals surface area contributed by atoms with E-state index in [1.54, 1.807) is 6.08 Å². The summed E-state index contributed by atoms with van der Waals surface area (Å²) in [4.78, 5) is 10.8. The number of hydrogen-bond acceptors (Lipinski definition) is 2. The van der Waals surface area contributed by atoms with Gasteiger partial charge in [-0.3, -0.25) is 4.79 Å². The van der Waals surface area contributed by atoms with E-state index in [0.717, 1.165) is 11.1 Å². The highest BCUT2D eigenvalue weighted by Crippen LogP contribution is 2.20. The van der Waals surface area contributed by atoms with Crippen molar-refractivity contribution in [1.82, 2.24) is 5.32 Å². The lowest BCUT2D eigenvalue weighted by Gasteiger charge is -2.24. The van der Waals surface area contributed by atoms with E-state index in [1.165, 1.54) is 0 Å². The molecule has 1 heterocycles. The van der Waals surface area contributed by atoms with Crippen molar-refractivity contribution in [1.29, 1.82) is 0 Å². The number of piperidine rings is 1. The molecule has 3 nitrogen and oxygen atoms in total. The third-order valence-corrected chi connectivity index (χ3v) is 2.34. The van der Waals surface area contributed by atoms with Gasteiger partial charge in [0.1, 0.15) is 6.04 Å². The van der Waals surface area contributed by atoms with Gasteiger partial charge in [-0.2, -0.15) is 0 Å². The molecule has 2 N–H and O–H groups in total. The molecule has 0 aliphatic carbocycles. The number of carbonyl (C=O) groups is 1. The van der Waals surface area contributed by atoms with Crippen LogP contribution in [0.1, 0.15) is 27.2 Å². The van der Waals surface area contributed by atoms with Crippen LogP contribution in [0, 0.1) is 0 Å². The van der Waals surface area contributed by atoms with Crippen LogP contribution >= 0.6 is 0 Å². The van der Waals surface area contributed by atoms with Crippen LogP contribution in [0.25, 0.3) is 0 Å². The molecule has 1 atom stereocenters. The molecule has 16 heavy (non-hydrogen) atoms. The van der Waals surface area contributed by atoms with E-state index in [1.807, 2.05) is 32.9 Å². The molecule has 1 aliphatic heterocycles. The van der Waals surface area contributed by atoms with Gasteiger partial charge in [0.05, 0.1) is 0 Å². The number of allylic oxidation sites excluding steroid dienone is 3. The molecule has 0 aromatic rings. The second-order valence-corrected chi connectivity index (χ2v) is 3.22. The van der Waals surface area contributed by atoms with Crippen LogP contribution in [0.3, 0.4) is 0 Å². The number of rotatable bonds is 2. The van der Waals surface area contributed by atoms with Gasteiger partial charge in [0.15, 0.2) is 0 Å². The zero-order valence-corrected chi connectivity index (χ0v) is 10.3. The average Bonchev–Trinajstić information content (AvgIpc) is 2.32. The number of nitrogens with one attached hydrogen (secondary N) is 1. The molecule has 0 aromatic carbocycles. The number of carboxylic acid groups (broad SMARTS) is 1. The largest absolute Gasteiger partial charge is 0.480 e. The fraction of sp³-hybridized carbons (Fsp3) is 0.462. The molecular formula is C13H21NO2. The van der Waals surface area contributed by atoms with Crippen LogP contribution in [0.4, 0.5) is 0 Å². The van der Waals surface area contributed by atoms with Gasteiger partial charge in [-0.25, -0.2) is 0 Å². The maximum absolute atomic E-state index is 10.8. The van der Waals surface area contributed by atoms with Crippen molar-refractivity contribution in [3.05, 3.63) is 36.0 Å². The van der Waals surface area contributed by atoms with Crippen LogP contribution in [0.15, 0.2) is 36.0 Å². The molecular weight excluding hydrogens is 202 g/mol. The second kappa shape index (κ2) is 7.88. The fourth-order valence-electron chi connectivity index (χ4n) is 1.56. The van der Waals surface area contributed by atoms with Crippen LogP contribution < -0.4 is 5.32 Å². The molecule has 1 aliphatic rings. The summed E-state index contributed by atoms with van der Waals surface area (Å²) in [5.74, 6) is -0.790. The number of aliphatic carboxylic acids is 1. The predicted octanol–water partition coefficient (Wildman–Crippen LogP) is 2.52. The Balaban J connectivity index is 0.00000106. The first-order chi connectivity index (χ1) is 7.69. The minimum Gasteiger partial charge on any atom is -0.480 e. The average molecular weight is 223 g/mol. The van der Waals surface area contributed by atoms with E-state index in [9.17, 15) is 4.79 Å². The first-order valence-corrected chi connectivity index (χ1v) is 5.62. The van der Waals surface area contributed by atoms with Crippen molar-refractivity contribution in [3.8, 4) is 0 Å². The summed E-state index contributed by atoms with van der Waals surface area (Å²) in [5.41, 5.74) is 2.22. The maximum Gasteiger partial charge on any atom is 0.321 e. The molecule has 1 unspecified atom stereocenters. The summed E-state index contributed by atoms with van der Waals surface area (Å²) in [5, 5.41) is 11.8. The van der Waals surface area contributed by atoms with E-state index < -0.39 is 12.0 Å². The highest BCUT2D eigenvalue weighted by molar-refractivity contribution is 5.74. The van der Waals surface area contributed by atoms with Crippen LogP contribution in [-0.4, -0.2) is 23.7 Å². The van der Waals surface area contributed by atoms with Gasteiger partial charge in [-0.15, -0.1) is 0 Å². The zero-order chi connectivity index (χ0) is 12.6. The van der Waals surface area contributed by atoms with E-state index >= 15 is 0 Å². The van der Waals surface area contributed by atoms with Gasteiger partial charge < -0.3 is 10.4 Å². The Morgan fingerprint density at radius 2 is 2.12 bits per heavy atom. The van der Waals surface area contributed by atoms with Crippen molar-refractivity contribution in [2.75, 3.05) is 6.54 Å². The predicted molar refractivity (Wildman–Crippen MR) is 67.4 cm³/mol. The Morgan fingerprint density at radius 1 is 1.50 bits per heavy atom. The zero-order valence-electron chi connectivity index (χ0n) is 10.3. The standard InChI is InChI=1S/C11H15NO2.C2H6/c1-3-5-9-7-12-10(11(13)14)6-8(9)4-2;1-2/h3-5,10,12H,1,6-7H2,2H3,(H,13,14);1-2H3/b8-4-,9-5-;. The van der Waals surface area contributed by atoms with E-state index in [4.69, 9.17) is 5.11 Å². The topological polar surface area (TPSA) is 49.3 Å². The summed E-state index contributed by atoms with van der Waals surface area (Å²) < 4.78 is 0. The van der Waals surface area contributed by atoms with E-state index in [-0.39, 0.29) is 0 Å². The Morgan fingerprint density at radius 3 is 2.56 bits per heavy atom. The molecule has 90 valence electrons. The van der Waals surface area contributed by atoms with E-state index in [0.29, 0.717) is 13.0 Å². The summed E-state index contributed by atoms with van der Waals surface area (Å²) in [7, 11) is 0. The molecule has 0 spiro atoms. The minimum atomic E-state index is -0.790. The third kappa shape index (κ3) is 4.03. The Labute approximate surface area is 97.6 Å². The normalized spacial score (nSPS) is 24.8. The first-order valence-electron chi connectivity index (χ1n) is 5.62. The molecule has 0 aromatic heterocycles. The molecule has 0 bridgehead atoms. The van der Waals surface area contributed by atoms with Crippen molar-refractivity contribution in [3.63, 3.8) is 0 Å². The van der Waals surface area contributed by atoms with Crippen LogP contribution in [0.5, 0.6) is 0 Å². The molecule has 0 saturated carbocycles. The molecule has 3 heteroatoms. The van der Waals surface area contributed by atoms with Crippen molar-refractivity contribution in [2.24, 2.45) is 0 Å². The lowest BCUT2D eigenvalue weighted by Crippen LogP contribution is -2.42. The van der Waals surface area contributed by atoms with Gasteiger partial charge in [0, 0.05) is 6.54 Å². The Bertz CT molecular complexity index is 303. The molecule has 0 amide bonds. The summed E-state index contributed by atoms with van der Waals surface area (Å²) in [6.07, 6.45) is 6.15. The second-order valence-electron chi connectivity index (χ2n) is 3.22. The third-order valence-electron chi connectivity index (χ3n) is 2.34. The lowest BCUT2D eigenvalue weighted by atomic mass is 9.93. The Kier molecular flexibility index (Phi) is 7.21. The SMILES string of the molecule is C=C/C=C1/CNC(C(=O)O)C/C1=C/C.CC. The minimum absolute atomic E-state index is 0.455. The van der Waals surface area contributed by atoms with Crippen molar-refractivity contribution in [2.45, 2.75) is 33.2 Å². The highest BCUT2D eigenvalue weighted by Gasteiger charge is 2.24. The monoisotopic (exact) mass is 223 g/mol. The maximum atomic E-state index is 10.8. The van der Waals surface area contributed by atoms with Gasteiger partial charge in [0.2, 0.25) is 0 Å². The first kappa shape index (κ1) is 14.6. The molecule has 1 rings (SSSR count). The summed E-state index contributed by atoms with van der Waals surface area (Å²) >= 11 is 0. The highest BCUT2D eigenvalue weighted by atomic mass is 16.4. The smallest absolute Gasteiger partial charge is 0.321 e. The van der Waals surface area contributed by atoms with Gasteiger partial charge in [-0.05, 0) is 24.5 Å². The van der Waals surface area contributed by atoms with Crippen LogP contribution in [-0.2, 0) is 4.79 Å². The molecule has 0 radical (unpaired) electrons. The van der Waals surface area contributed by atoms with Crippen molar-refractivity contribution >= 4 is 5.97 Å². The molecule has 1 saturated heterocycles. The van der Waals surface area contributed by atoms with E-state index in [2.05, 4.69) is 11.9 Å².